The highest BCUT2D eigenvalue weighted by Crippen LogP contribution is 2.58. The van der Waals surface area contributed by atoms with Gasteiger partial charge < -0.3 is 9.13 Å². The second-order valence-electron chi connectivity index (χ2n) is 15.3. The lowest BCUT2D eigenvalue weighted by Crippen LogP contribution is -2.15. The quantitative estimate of drug-likeness (QED) is 0.173. The maximum Gasteiger partial charge on any atom is 0.0644 e. The molecule has 0 saturated carbocycles. The third kappa shape index (κ3) is 3.89. The van der Waals surface area contributed by atoms with Crippen LogP contribution in [0.5, 0.6) is 0 Å². The Balaban J connectivity index is 1.21. The molecule has 0 fully saturated rings. The van der Waals surface area contributed by atoms with E-state index in [0.717, 1.165) is 5.69 Å². The van der Waals surface area contributed by atoms with Gasteiger partial charge in [-0.25, -0.2) is 0 Å². The van der Waals surface area contributed by atoms with E-state index >= 15 is 0 Å². The Morgan fingerprint density at radius 3 is 1.80 bits per heavy atom. The summed E-state index contributed by atoms with van der Waals surface area (Å²) in [6, 6.07) is 63.0. The summed E-state index contributed by atoms with van der Waals surface area (Å²) in [5.41, 5.74) is 15.1. The van der Waals surface area contributed by atoms with Gasteiger partial charge in [-0.05, 0) is 82.4 Å². The summed E-state index contributed by atoms with van der Waals surface area (Å²) < 4.78 is 7.74. The van der Waals surface area contributed by atoms with Crippen molar-refractivity contribution >= 4 is 75.1 Å². The fourth-order valence-corrected chi connectivity index (χ4v) is 10.9. The third-order valence-corrected chi connectivity index (χ3v) is 13.2. The fraction of sp³-hybridized carbons (Fsp3) is 0.0588. The standard InChI is InChI=1S/C51H34N2S/c1-51(2)40-20-10-6-17-36(40)45-48(51)46-37-18-7-11-21-41(37)53(50(46)47-38-19-8-12-22-42(38)52(49(45)47)33-14-4-3-5-15-33)34-27-24-31(25-28-34)32-26-29-44-39(30-32)35-16-9-13-23-43(35)54-44/h3-30H,1-2H3. The highest BCUT2D eigenvalue weighted by atomic mass is 32.1. The molecule has 0 spiro atoms. The molecule has 8 aromatic carbocycles. The van der Waals surface area contributed by atoms with Crippen LogP contribution in [0, 0.1) is 0 Å². The van der Waals surface area contributed by atoms with E-state index in [2.05, 4.69) is 193 Å². The lowest BCUT2D eigenvalue weighted by Gasteiger charge is -2.23. The number of para-hydroxylation sites is 3. The van der Waals surface area contributed by atoms with Crippen molar-refractivity contribution in [1.29, 1.82) is 0 Å². The number of aromatic nitrogens is 2. The Morgan fingerprint density at radius 1 is 0.444 bits per heavy atom. The maximum atomic E-state index is 2.55. The van der Waals surface area contributed by atoms with Crippen LogP contribution in [0.4, 0.5) is 0 Å². The molecule has 0 bridgehead atoms. The van der Waals surface area contributed by atoms with E-state index in [0.29, 0.717) is 0 Å². The fourth-order valence-electron chi connectivity index (χ4n) is 9.78. The molecule has 0 atom stereocenters. The lowest BCUT2D eigenvalue weighted by molar-refractivity contribution is 0.667. The van der Waals surface area contributed by atoms with E-state index in [-0.39, 0.29) is 5.41 Å². The first-order valence-electron chi connectivity index (χ1n) is 18.8. The van der Waals surface area contributed by atoms with Crippen molar-refractivity contribution in [3.8, 4) is 33.6 Å². The molecule has 3 heterocycles. The molecule has 1 aliphatic rings. The van der Waals surface area contributed by atoms with Gasteiger partial charge in [0, 0.05) is 64.1 Å². The minimum absolute atomic E-state index is 0.209. The Labute approximate surface area is 316 Å². The van der Waals surface area contributed by atoms with Crippen LogP contribution in [-0.4, -0.2) is 9.13 Å². The predicted molar refractivity (Wildman–Crippen MR) is 231 cm³/mol. The van der Waals surface area contributed by atoms with Crippen LogP contribution in [0.1, 0.15) is 25.0 Å². The van der Waals surface area contributed by atoms with Gasteiger partial charge in [0.05, 0.1) is 22.1 Å². The van der Waals surface area contributed by atoms with Crippen LogP contribution >= 0.6 is 11.3 Å². The largest absolute Gasteiger partial charge is 0.309 e. The maximum absolute atomic E-state index is 2.55. The Bertz CT molecular complexity index is 3340. The summed E-state index contributed by atoms with van der Waals surface area (Å²) >= 11 is 1.87. The van der Waals surface area contributed by atoms with Crippen molar-refractivity contribution < 1.29 is 0 Å². The highest BCUT2D eigenvalue weighted by molar-refractivity contribution is 7.25. The number of thiophene rings is 1. The highest BCUT2D eigenvalue weighted by Gasteiger charge is 2.41. The van der Waals surface area contributed by atoms with E-state index in [1.807, 2.05) is 11.3 Å². The SMILES string of the molecule is CC1(C)c2ccccc2-c2c1c1c3ccccc3n(-c3ccc(-c4ccc5sc6ccccc6c5c4)cc3)c1c1c3ccccc3n(-c3ccccc3)c21. The van der Waals surface area contributed by atoms with E-state index in [1.54, 1.807) is 0 Å². The van der Waals surface area contributed by atoms with Crippen molar-refractivity contribution in [2.45, 2.75) is 19.3 Å². The van der Waals surface area contributed by atoms with Crippen LogP contribution in [0.15, 0.2) is 170 Å². The topological polar surface area (TPSA) is 9.86 Å². The summed E-state index contributed by atoms with van der Waals surface area (Å²) in [5, 5.41) is 7.87. The minimum atomic E-state index is -0.209. The first-order valence-corrected chi connectivity index (χ1v) is 19.6. The number of rotatable bonds is 3. The van der Waals surface area contributed by atoms with Crippen LogP contribution in [0.2, 0.25) is 0 Å². The average Bonchev–Trinajstić information content (AvgIpc) is 3.93. The number of hydrogen-bond donors (Lipinski definition) is 0. The van der Waals surface area contributed by atoms with Gasteiger partial charge >= 0.3 is 0 Å². The van der Waals surface area contributed by atoms with E-state index in [4.69, 9.17) is 0 Å². The second-order valence-corrected chi connectivity index (χ2v) is 16.3. The molecule has 3 aromatic heterocycles. The van der Waals surface area contributed by atoms with Crippen LogP contribution in [-0.2, 0) is 5.41 Å². The van der Waals surface area contributed by atoms with Crippen molar-refractivity contribution in [3.63, 3.8) is 0 Å². The molecule has 0 saturated heterocycles. The third-order valence-electron chi connectivity index (χ3n) is 12.1. The van der Waals surface area contributed by atoms with Gasteiger partial charge in [-0.1, -0.05) is 129 Å². The molecule has 1 aliphatic carbocycles. The number of nitrogens with zero attached hydrogens (tertiary/aromatic N) is 2. The van der Waals surface area contributed by atoms with Gasteiger partial charge in [-0.15, -0.1) is 11.3 Å². The Morgan fingerprint density at radius 2 is 1.02 bits per heavy atom. The molecule has 0 radical (unpaired) electrons. The molecule has 54 heavy (non-hydrogen) atoms. The van der Waals surface area contributed by atoms with Crippen molar-refractivity contribution in [2.24, 2.45) is 0 Å². The zero-order valence-corrected chi connectivity index (χ0v) is 30.8. The van der Waals surface area contributed by atoms with Crippen LogP contribution in [0.25, 0.3) is 97.4 Å². The Hall–Kier alpha value is -6.42. The van der Waals surface area contributed by atoms with E-state index < -0.39 is 0 Å². The van der Waals surface area contributed by atoms with Gasteiger partial charge in [0.1, 0.15) is 0 Å². The van der Waals surface area contributed by atoms with Gasteiger partial charge in [-0.2, -0.15) is 0 Å². The first kappa shape index (κ1) is 30.1. The van der Waals surface area contributed by atoms with E-state index in [9.17, 15) is 0 Å². The summed E-state index contributed by atoms with van der Waals surface area (Å²) in [7, 11) is 0. The normalized spacial score (nSPS) is 13.5. The van der Waals surface area contributed by atoms with E-state index in [1.165, 1.54) is 103 Å². The van der Waals surface area contributed by atoms with Gasteiger partial charge in [0.15, 0.2) is 0 Å². The molecule has 0 aliphatic heterocycles. The Kier molecular flexibility index (Phi) is 6.03. The molecular formula is C51H34N2S. The molecule has 254 valence electrons. The average molecular weight is 707 g/mol. The summed E-state index contributed by atoms with van der Waals surface area (Å²) in [6.07, 6.45) is 0. The van der Waals surface area contributed by atoms with Crippen molar-refractivity contribution in [2.75, 3.05) is 0 Å². The summed E-state index contributed by atoms with van der Waals surface area (Å²) in [4.78, 5) is 0. The van der Waals surface area contributed by atoms with Crippen molar-refractivity contribution in [1.82, 2.24) is 9.13 Å². The second kappa shape index (κ2) is 10.8. The molecular weight excluding hydrogens is 673 g/mol. The predicted octanol–water partition coefficient (Wildman–Crippen LogP) is 14.2. The number of hydrogen-bond acceptors (Lipinski definition) is 1. The molecule has 11 aromatic rings. The van der Waals surface area contributed by atoms with Crippen molar-refractivity contribution in [3.05, 3.63) is 181 Å². The monoisotopic (exact) mass is 706 g/mol. The zero-order valence-electron chi connectivity index (χ0n) is 30.0. The number of benzene rings is 8. The van der Waals surface area contributed by atoms with Gasteiger partial charge in [0.25, 0.3) is 0 Å². The molecule has 12 rings (SSSR count). The smallest absolute Gasteiger partial charge is 0.0644 e. The molecule has 0 unspecified atom stereocenters. The van der Waals surface area contributed by atoms with Crippen LogP contribution < -0.4 is 0 Å². The van der Waals surface area contributed by atoms with Crippen LogP contribution in [0.3, 0.4) is 0 Å². The minimum Gasteiger partial charge on any atom is -0.309 e. The molecule has 2 nitrogen and oxygen atoms in total. The van der Waals surface area contributed by atoms with Gasteiger partial charge in [0.2, 0.25) is 0 Å². The molecule has 0 N–H and O–H groups in total. The first-order chi connectivity index (χ1) is 26.6. The molecule has 3 heteroatoms. The molecule has 0 amide bonds. The summed E-state index contributed by atoms with van der Waals surface area (Å²) in [6.45, 7) is 4.85. The number of fused-ring (bicyclic) bond motifs is 15. The van der Waals surface area contributed by atoms with Gasteiger partial charge in [-0.3, -0.25) is 0 Å². The zero-order chi connectivity index (χ0) is 35.7. The lowest BCUT2D eigenvalue weighted by atomic mass is 9.80. The summed E-state index contributed by atoms with van der Waals surface area (Å²) in [5.74, 6) is 0.